The molecule has 0 radical (unpaired) electrons. The monoisotopic (exact) mass is 595 g/mol. The second kappa shape index (κ2) is 12.5. The molecule has 2 aliphatic carbocycles. The Morgan fingerprint density at radius 2 is 1.11 bits per heavy atom. The predicted octanol–water partition coefficient (Wildman–Crippen LogP) is 11.0. The standard InChI is InChI=1S/C41H42NOP/c1-4-16-31(17-5-1)37-28-43-41(42-37)36-26-24-29-14-10-12-22-34(29)39(36)40-35-23-13-11-15-30(35)25-27-38(40)44(32-18-6-2-7-19-32)33-20-8-3-9-21-33/h1,4-5,10-17,22-27,32-33,37H,2-3,6-9,18-21,28H2/t37-/m1/s1. The van der Waals surface area contributed by atoms with Gasteiger partial charge in [0.1, 0.15) is 12.6 Å². The van der Waals surface area contributed by atoms with E-state index in [1.807, 2.05) is 0 Å². The molecular weight excluding hydrogens is 553 g/mol. The minimum atomic E-state index is -0.315. The molecule has 0 unspecified atom stereocenters. The summed E-state index contributed by atoms with van der Waals surface area (Å²) in [6, 6.07) is 38.3. The molecule has 0 amide bonds. The normalized spacial score (nSPS) is 19.8. The Hall–Kier alpha value is -3.48. The van der Waals surface area contributed by atoms with E-state index in [0.29, 0.717) is 6.61 Å². The van der Waals surface area contributed by atoms with Crippen molar-refractivity contribution in [1.29, 1.82) is 0 Å². The second-order valence-electron chi connectivity index (χ2n) is 13.1. The molecule has 0 aromatic heterocycles. The van der Waals surface area contributed by atoms with Crippen LogP contribution < -0.4 is 5.30 Å². The molecule has 0 N–H and O–H groups in total. The highest BCUT2D eigenvalue weighted by molar-refractivity contribution is 7.67. The third-order valence-corrected chi connectivity index (χ3v) is 13.9. The van der Waals surface area contributed by atoms with Gasteiger partial charge < -0.3 is 4.74 Å². The quantitative estimate of drug-likeness (QED) is 0.179. The molecule has 44 heavy (non-hydrogen) atoms. The van der Waals surface area contributed by atoms with E-state index >= 15 is 0 Å². The molecular formula is C41H42NOP. The van der Waals surface area contributed by atoms with Crippen LogP contribution in [0.2, 0.25) is 0 Å². The predicted molar refractivity (Wildman–Crippen MR) is 189 cm³/mol. The molecule has 3 heteroatoms. The molecule has 1 aliphatic heterocycles. The van der Waals surface area contributed by atoms with E-state index in [4.69, 9.17) is 9.73 Å². The van der Waals surface area contributed by atoms with Crippen LogP contribution in [-0.2, 0) is 4.74 Å². The summed E-state index contributed by atoms with van der Waals surface area (Å²) in [5.74, 6) is 0.790. The van der Waals surface area contributed by atoms with Crippen molar-refractivity contribution >= 4 is 40.7 Å². The van der Waals surface area contributed by atoms with Crippen LogP contribution in [-0.4, -0.2) is 23.8 Å². The summed E-state index contributed by atoms with van der Waals surface area (Å²) in [6.07, 6.45) is 14.0. The van der Waals surface area contributed by atoms with Crippen molar-refractivity contribution in [3.8, 4) is 11.1 Å². The Bertz CT molecular complexity index is 1780. The van der Waals surface area contributed by atoms with Gasteiger partial charge in [-0.15, -0.1) is 0 Å². The molecule has 1 heterocycles. The maximum atomic E-state index is 6.52. The molecule has 1 atom stereocenters. The van der Waals surface area contributed by atoms with Gasteiger partial charge in [-0.1, -0.05) is 144 Å². The summed E-state index contributed by atoms with van der Waals surface area (Å²) in [5.41, 5.74) is 6.77. The van der Waals surface area contributed by atoms with Crippen LogP contribution in [0, 0.1) is 0 Å². The molecule has 0 spiro atoms. The van der Waals surface area contributed by atoms with Crippen LogP contribution in [0.1, 0.15) is 81.4 Å². The summed E-state index contributed by atoms with van der Waals surface area (Å²) >= 11 is 0. The fraction of sp³-hybridized carbons (Fsp3) is 0.341. The van der Waals surface area contributed by atoms with Crippen molar-refractivity contribution in [2.24, 2.45) is 4.99 Å². The largest absolute Gasteiger partial charge is 0.475 e. The lowest BCUT2D eigenvalue weighted by atomic mass is 9.90. The highest BCUT2D eigenvalue weighted by atomic mass is 31.1. The van der Waals surface area contributed by atoms with E-state index in [0.717, 1.165) is 22.8 Å². The Morgan fingerprint density at radius 1 is 0.545 bits per heavy atom. The van der Waals surface area contributed by atoms with Gasteiger partial charge in [-0.25, -0.2) is 4.99 Å². The molecule has 8 rings (SSSR count). The highest BCUT2D eigenvalue weighted by Gasteiger charge is 2.35. The van der Waals surface area contributed by atoms with Gasteiger partial charge >= 0.3 is 0 Å². The van der Waals surface area contributed by atoms with E-state index in [-0.39, 0.29) is 14.0 Å². The van der Waals surface area contributed by atoms with Gasteiger partial charge in [0.15, 0.2) is 0 Å². The molecule has 2 saturated carbocycles. The summed E-state index contributed by atoms with van der Waals surface area (Å²) in [6.45, 7) is 0.588. The molecule has 222 valence electrons. The zero-order valence-corrected chi connectivity index (χ0v) is 26.5. The van der Waals surface area contributed by atoms with E-state index in [2.05, 4.69) is 103 Å². The number of ether oxygens (including phenoxy) is 1. The minimum absolute atomic E-state index is 0.0270. The highest BCUT2D eigenvalue weighted by Crippen LogP contribution is 2.57. The summed E-state index contributed by atoms with van der Waals surface area (Å²) in [4.78, 5) is 5.26. The lowest BCUT2D eigenvalue weighted by Crippen LogP contribution is -2.27. The number of rotatable bonds is 6. The van der Waals surface area contributed by atoms with E-state index in [1.165, 1.54) is 102 Å². The molecule has 0 saturated heterocycles. The number of benzene rings is 5. The van der Waals surface area contributed by atoms with E-state index < -0.39 is 0 Å². The molecule has 2 fully saturated rings. The van der Waals surface area contributed by atoms with Crippen LogP contribution in [0.15, 0.2) is 108 Å². The summed E-state index contributed by atoms with van der Waals surface area (Å²) in [7, 11) is -0.315. The first-order chi connectivity index (χ1) is 21.8. The van der Waals surface area contributed by atoms with Gasteiger partial charge in [-0.2, -0.15) is 0 Å². The van der Waals surface area contributed by atoms with Crippen LogP contribution >= 0.6 is 7.92 Å². The van der Waals surface area contributed by atoms with Gasteiger partial charge in [0.05, 0.1) is 0 Å². The van der Waals surface area contributed by atoms with Crippen LogP contribution in [0.5, 0.6) is 0 Å². The van der Waals surface area contributed by atoms with Gasteiger partial charge in [-0.3, -0.25) is 0 Å². The first-order valence-corrected chi connectivity index (χ1v) is 18.4. The zero-order chi connectivity index (χ0) is 29.3. The van der Waals surface area contributed by atoms with Crippen molar-refractivity contribution in [3.63, 3.8) is 0 Å². The number of hydrogen-bond acceptors (Lipinski definition) is 2. The van der Waals surface area contributed by atoms with Crippen molar-refractivity contribution in [1.82, 2.24) is 0 Å². The van der Waals surface area contributed by atoms with Gasteiger partial charge in [-0.05, 0) is 81.0 Å². The van der Waals surface area contributed by atoms with Crippen molar-refractivity contribution in [2.75, 3.05) is 6.61 Å². The molecule has 2 nitrogen and oxygen atoms in total. The Morgan fingerprint density at radius 3 is 1.77 bits per heavy atom. The summed E-state index contributed by atoms with van der Waals surface area (Å²) in [5, 5.41) is 6.92. The molecule has 0 bridgehead atoms. The topological polar surface area (TPSA) is 21.6 Å². The average Bonchev–Trinajstić information content (AvgIpc) is 3.60. The van der Waals surface area contributed by atoms with Gasteiger partial charge in [0, 0.05) is 11.1 Å². The van der Waals surface area contributed by atoms with Crippen LogP contribution in [0.3, 0.4) is 0 Å². The van der Waals surface area contributed by atoms with Crippen molar-refractivity contribution in [3.05, 3.63) is 114 Å². The maximum absolute atomic E-state index is 6.52. The van der Waals surface area contributed by atoms with Crippen molar-refractivity contribution in [2.45, 2.75) is 81.6 Å². The third kappa shape index (κ3) is 5.26. The maximum Gasteiger partial charge on any atom is 0.217 e. The number of fused-ring (bicyclic) bond motifs is 2. The molecule has 3 aliphatic rings. The lowest BCUT2D eigenvalue weighted by Gasteiger charge is -2.40. The first kappa shape index (κ1) is 28.0. The van der Waals surface area contributed by atoms with E-state index in [1.54, 1.807) is 5.30 Å². The van der Waals surface area contributed by atoms with Gasteiger partial charge in [0.25, 0.3) is 0 Å². The average molecular weight is 596 g/mol. The minimum Gasteiger partial charge on any atom is -0.475 e. The van der Waals surface area contributed by atoms with Crippen LogP contribution in [0.25, 0.3) is 32.7 Å². The van der Waals surface area contributed by atoms with E-state index in [9.17, 15) is 0 Å². The molecule has 5 aromatic rings. The Kier molecular flexibility index (Phi) is 7.96. The lowest BCUT2D eigenvalue weighted by molar-refractivity contribution is 0.320. The fourth-order valence-corrected chi connectivity index (χ4v) is 12.2. The first-order valence-electron chi connectivity index (χ1n) is 16.9. The van der Waals surface area contributed by atoms with Gasteiger partial charge in [0.2, 0.25) is 5.90 Å². The second-order valence-corrected chi connectivity index (χ2v) is 15.8. The number of aliphatic imine (C=N–C) groups is 1. The Labute approximate surface area is 263 Å². The Balaban J connectivity index is 1.39. The van der Waals surface area contributed by atoms with Crippen LogP contribution in [0.4, 0.5) is 0 Å². The fourth-order valence-electron chi connectivity index (χ4n) is 8.23. The third-order valence-electron chi connectivity index (χ3n) is 10.4. The smallest absolute Gasteiger partial charge is 0.217 e. The van der Waals surface area contributed by atoms with Crippen molar-refractivity contribution < 1.29 is 4.74 Å². The number of hydrogen-bond donors (Lipinski definition) is 0. The SMILES string of the molecule is c1ccc([C@H]2COC(c3ccc4ccccc4c3-c3c(P(C4CCCCC4)C4CCCCC4)ccc4ccccc34)=N2)cc1. The molecule has 5 aromatic carbocycles. The summed E-state index contributed by atoms with van der Waals surface area (Å²) < 4.78 is 6.52. The zero-order valence-electron chi connectivity index (χ0n) is 25.6. The number of nitrogens with zero attached hydrogens (tertiary/aromatic N) is 1.